The van der Waals surface area contributed by atoms with Crippen LogP contribution in [0.5, 0.6) is 0 Å². The number of rotatable bonds is 3. The molecule has 2 N–H and O–H groups in total. The average Bonchev–Trinajstić information content (AvgIpc) is 2.03. The first-order valence-corrected chi connectivity index (χ1v) is 4.62. The van der Waals surface area contributed by atoms with Gasteiger partial charge in [-0.1, -0.05) is 0 Å². The summed E-state index contributed by atoms with van der Waals surface area (Å²) in [5.74, 6) is 0. The van der Waals surface area contributed by atoms with Crippen LogP contribution < -0.4 is 10.0 Å². The smallest absolute Gasteiger partial charge is 0.0590 e. The van der Waals surface area contributed by atoms with Crippen molar-refractivity contribution in [3.8, 4) is 0 Å². The quantitative estimate of drug-likeness (QED) is 0.502. The molecule has 1 unspecified atom stereocenters. The minimum atomic E-state index is -2.13. The monoisotopic (exact) mass is 178 g/mol. The number of piperazine rings is 1. The molecule has 0 aromatic heterocycles. The van der Waals surface area contributed by atoms with Crippen LogP contribution in [0.3, 0.4) is 0 Å². The third-order valence-corrected chi connectivity index (χ3v) is 1.98. The van der Waals surface area contributed by atoms with E-state index in [0.29, 0.717) is 6.67 Å². The number of hydrogen-bond donors (Lipinski definition) is 2. The molecule has 1 rings (SSSR count). The minimum absolute atomic E-state index is 0.428. The zero-order chi connectivity index (χ0) is 8.10. The van der Waals surface area contributed by atoms with E-state index < -0.39 is 11.3 Å². The first-order chi connectivity index (χ1) is 5.29. The van der Waals surface area contributed by atoms with Gasteiger partial charge in [0.1, 0.15) is 0 Å². The summed E-state index contributed by atoms with van der Waals surface area (Å²) in [6.07, 6.45) is 0. The van der Waals surface area contributed by atoms with Crippen LogP contribution in [-0.4, -0.2) is 46.5 Å². The molecule has 0 spiro atoms. The molecule has 0 saturated carbocycles. The van der Waals surface area contributed by atoms with Crippen LogP contribution in [0.15, 0.2) is 0 Å². The summed E-state index contributed by atoms with van der Waals surface area (Å²) in [5.41, 5.74) is 0. The summed E-state index contributed by atoms with van der Waals surface area (Å²) >= 11 is -2.13. The average molecular weight is 178 g/mol. The van der Waals surface area contributed by atoms with Gasteiger partial charge >= 0.3 is 0 Å². The van der Waals surface area contributed by atoms with Crippen molar-refractivity contribution in [2.75, 3.05) is 32.8 Å². The molecule has 1 aliphatic heterocycles. The van der Waals surface area contributed by atoms with Gasteiger partial charge in [-0.2, -0.15) is 0 Å². The van der Waals surface area contributed by atoms with E-state index >= 15 is 0 Å². The summed E-state index contributed by atoms with van der Waals surface area (Å²) < 4.78 is 22.5. The Morgan fingerprint density at radius 2 is 2.18 bits per heavy atom. The normalized spacial score (nSPS) is 23.4. The third kappa shape index (κ3) is 3.78. The highest BCUT2D eigenvalue weighted by Crippen LogP contribution is 1.88. The standard InChI is InChI=1S/C5H13N3O2S/c9-11(10)7-5-8-3-1-6-2-4-8/h6-7H,1-5H2,(H,9,10)/p-1. The van der Waals surface area contributed by atoms with E-state index in [2.05, 4.69) is 10.0 Å². The Balaban J connectivity index is 2.09. The molecule has 6 heteroatoms. The largest absolute Gasteiger partial charge is 0.760 e. The van der Waals surface area contributed by atoms with E-state index in [9.17, 15) is 8.76 Å². The number of nitrogens with one attached hydrogen (secondary N) is 2. The Hall–Kier alpha value is -0.0100. The molecule has 5 nitrogen and oxygen atoms in total. The molecule has 66 valence electrons. The summed E-state index contributed by atoms with van der Waals surface area (Å²) in [5, 5.41) is 3.18. The maximum absolute atomic E-state index is 10.1. The Labute approximate surface area is 68.6 Å². The van der Waals surface area contributed by atoms with Gasteiger partial charge < -0.3 is 9.87 Å². The SMILES string of the molecule is O=S([O-])NCN1CCNCC1. The summed E-state index contributed by atoms with van der Waals surface area (Å²) in [7, 11) is 0. The molecule has 1 saturated heterocycles. The Morgan fingerprint density at radius 1 is 1.55 bits per heavy atom. The van der Waals surface area contributed by atoms with E-state index in [1.807, 2.05) is 4.90 Å². The first-order valence-electron chi connectivity index (χ1n) is 3.55. The molecule has 1 atom stereocenters. The van der Waals surface area contributed by atoms with E-state index in [4.69, 9.17) is 0 Å². The van der Waals surface area contributed by atoms with Gasteiger partial charge in [0, 0.05) is 37.4 Å². The maximum Gasteiger partial charge on any atom is 0.0590 e. The zero-order valence-electron chi connectivity index (χ0n) is 6.21. The summed E-state index contributed by atoms with van der Waals surface area (Å²) in [6, 6.07) is 0. The molecule has 0 bridgehead atoms. The highest BCUT2D eigenvalue weighted by atomic mass is 32.2. The summed E-state index contributed by atoms with van der Waals surface area (Å²) in [6.45, 7) is 4.12. The topological polar surface area (TPSA) is 67.4 Å². The lowest BCUT2D eigenvalue weighted by Crippen LogP contribution is -2.47. The molecular formula is C5H12N3O2S-. The predicted octanol–water partition coefficient (Wildman–Crippen LogP) is -1.77. The lowest BCUT2D eigenvalue weighted by atomic mass is 10.4. The van der Waals surface area contributed by atoms with E-state index in [-0.39, 0.29) is 0 Å². The minimum Gasteiger partial charge on any atom is -0.760 e. The number of nitrogens with zero attached hydrogens (tertiary/aromatic N) is 1. The van der Waals surface area contributed by atoms with Gasteiger partial charge in [-0.25, -0.2) is 4.72 Å². The molecule has 0 aromatic carbocycles. The summed E-state index contributed by atoms with van der Waals surface area (Å²) in [4.78, 5) is 2.05. The Bertz CT molecular complexity index is 138. The van der Waals surface area contributed by atoms with E-state index in [1.54, 1.807) is 0 Å². The van der Waals surface area contributed by atoms with Crippen LogP contribution in [0.2, 0.25) is 0 Å². The third-order valence-electron chi connectivity index (χ3n) is 1.62. The van der Waals surface area contributed by atoms with E-state index in [1.165, 1.54) is 0 Å². The molecule has 0 aromatic rings. The highest BCUT2D eigenvalue weighted by Gasteiger charge is 2.07. The second-order valence-electron chi connectivity index (χ2n) is 2.41. The zero-order valence-corrected chi connectivity index (χ0v) is 7.02. The fraction of sp³-hybridized carbons (Fsp3) is 1.00. The molecule has 0 radical (unpaired) electrons. The molecule has 11 heavy (non-hydrogen) atoms. The predicted molar refractivity (Wildman–Crippen MR) is 41.4 cm³/mol. The van der Waals surface area contributed by atoms with Crippen molar-refractivity contribution < 1.29 is 8.76 Å². The molecule has 0 amide bonds. The first kappa shape index (κ1) is 9.08. The van der Waals surface area contributed by atoms with Crippen LogP contribution in [0.25, 0.3) is 0 Å². The fourth-order valence-corrected chi connectivity index (χ4v) is 1.30. The molecular weight excluding hydrogens is 166 g/mol. The van der Waals surface area contributed by atoms with Crippen molar-refractivity contribution in [2.24, 2.45) is 0 Å². The Kier molecular flexibility index (Phi) is 3.95. The van der Waals surface area contributed by atoms with Crippen LogP contribution in [0.1, 0.15) is 0 Å². The van der Waals surface area contributed by atoms with Crippen molar-refractivity contribution in [3.63, 3.8) is 0 Å². The van der Waals surface area contributed by atoms with Gasteiger partial charge in [0.05, 0.1) is 6.67 Å². The molecule has 1 heterocycles. The van der Waals surface area contributed by atoms with Gasteiger partial charge in [-0.05, 0) is 0 Å². The maximum atomic E-state index is 10.1. The Morgan fingerprint density at radius 3 is 2.73 bits per heavy atom. The van der Waals surface area contributed by atoms with Gasteiger partial charge in [0.25, 0.3) is 0 Å². The van der Waals surface area contributed by atoms with E-state index in [0.717, 1.165) is 26.2 Å². The number of hydrogen-bond acceptors (Lipinski definition) is 4. The van der Waals surface area contributed by atoms with Gasteiger partial charge in [-0.3, -0.25) is 9.11 Å². The molecule has 1 aliphatic rings. The van der Waals surface area contributed by atoms with Gasteiger partial charge in [-0.15, -0.1) is 0 Å². The second kappa shape index (κ2) is 4.78. The van der Waals surface area contributed by atoms with Crippen molar-refractivity contribution in [2.45, 2.75) is 0 Å². The van der Waals surface area contributed by atoms with Crippen LogP contribution >= 0.6 is 0 Å². The van der Waals surface area contributed by atoms with Crippen LogP contribution in [-0.2, 0) is 11.3 Å². The van der Waals surface area contributed by atoms with Crippen molar-refractivity contribution in [1.29, 1.82) is 0 Å². The second-order valence-corrected chi connectivity index (χ2v) is 3.16. The van der Waals surface area contributed by atoms with Gasteiger partial charge in [0.2, 0.25) is 0 Å². The van der Waals surface area contributed by atoms with Crippen molar-refractivity contribution in [3.05, 3.63) is 0 Å². The van der Waals surface area contributed by atoms with Crippen molar-refractivity contribution >= 4 is 11.3 Å². The lowest BCUT2D eigenvalue weighted by Gasteiger charge is -2.27. The lowest BCUT2D eigenvalue weighted by molar-refractivity contribution is 0.237. The van der Waals surface area contributed by atoms with Gasteiger partial charge in [0.15, 0.2) is 0 Å². The van der Waals surface area contributed by atoms with Crippen molar-refractivity contribution in [1.82, 2.24) is 14.9 Å². The van der Waals surface area contributed by atoms with Crippen LogP contribution in [0.4, 0.5) is 0 Å². The highest BCUT2D eigenvalue weighted by molar-refractivity contribution is 7.77. The molecule has 1 fully saturated rings. The fourth-order valence-electron chi connectivity index (χ4n) is 1.01. The van der Waals surface area contributed by atoms with Crippen LogP contribution in [0, 0.1) is 0 Å². The molecule has 0 aliphatic carbocycles.